The predicted molar refractivity (Wildman–Crippen MR) is 102 cm³/mol. The van der Waals surface area contributed by atoms with Gasteiger partial charge in [-0.1, -0.05) is 6.07 Å². The smallest absolute Gasteiger partial charge is 0.254 e. The second-order valence-corrected chi connectivity index (χ2v) is 7.54. The lowest BCUT2D eigenvalue weighted by Gasteiger charge is -2.12. The minimum atomic E-state index is -0.673. The normalized spacial score (nSPS) is 13.6. The number of carbonyl (C=O) groups excluding carboxylic acids is 1. The van der Waals surface area contributed by atoms with Gasteiger partial charge in [0.1, 0.15) is 27.8 Å². The molecule has 0 aliphatic carbocycles. The van der Waals surface area contributed by atoms with E-state index in [4.69, 9.17) is 16.2 Å². The maximum absolute atomic E-state index is 12.1. The maximum Gasteiger partial charge on any atom is 0.254 e. The van der Waals surface area contributed by atoms with E-state index in [1.165, 1.54) is 16.0 Å². The fraction of sp³-hybridized carbons (Fsp3) is 0.278. The molecule has 2 aromatic heterocycles. The molecule has 5 N–H and O–H groups in total. The molecule has 0 fully saturated rings. The summed E-state index contributed by atoms with van der Waals surface area (Å²) >= 11 is 1.47. The number of thiazole rings is 1. The Morgan fingerprint density at radius 1 is 1.37 bits per heavy atom. The highest BCUT2D eigenvalue weighted by Crippen LogP contribution is 2.36. The minimum Gasteiger partial charge on any atom is -0.508 e. The number of fused-ring (bicyclic) bond motifs is 1. The number of nitrogens with two attached hydrogens (primary N) is 2. The standard InChI is InChI=1S/C18H19N5O3S/c1-8-3-4-11(24)9(2)15(8)23-16(19)13(17(20)25)14(22-23)18-21-10-7-26-6-5-12(10)27-18/h3-4,24H,5-7,19H2,1-2H3,(H2,20,25). The van der Waals surface area contributed by atoms with Crippen molar-refractivity contribution in [3.8, 4) is 22.1 Å². The Balaban J connectivity index is 1.95. The highest BCUT2D eigenvalue weighted by molar-refractivity contribution is 7.15. The molecular formula is C18H19N5O3S. The van der Waals surface area contributed by atoms with Gasteiger partial charge < -0.3 is 21.3 Å². The van der Waals surface area contributed by atoms with Gasteiger partial charge in [-0.15, -0.1) is 11.3 Å². The summed E-state index contributed by atoms with van der Waals surface area (Å²) in [5.41, 5.74) is 15.3. The van der Waals surface area contributed by atoms with Crippen molar-refractivity contribution in [1.29, 1.82) is 0 Å². The first kappa shape index (κ1) is 17.5. The number of aromatic nitrogens is 3. The van der Waals surface area contributed by atoms with Crippen LogP contribution in [0.1, 0.15) is 32.1 Å². The van der Waals surface area contributed by atoms with Crippen molar-refractivity contribution in [1.82, 2.24) is 14.8 Å². The molecule has 0 saturated heterocycles. The number of aromatic hydroxyl groups is 1. The molecule has 9 heteroatoms. The summed E-state index contributed by atoms with van der Waals surface area (Å²) < 4.78 is 6.90. The predicted octanol–water partition coefficient (Wildman–Crippen LogP) is 2.07. The lowest BCUT2D eigenvalue weighted by atomic mass is 10.1. The van der Waals surface area contributed by atoms with Crippen LogP contribution in [-0.2, 0) is 17.8 Å². The molecule has 0 bridgehead atoms. The zero-order valence-electron chi connectivity index (χ0n) is 14.9. The van der Waals surface area contributed by atoms with Crippen molar-refractivity contribution >= 4 is 23.1 Å². The number of amides is 1. The number of nitrogen functional groups attached to an aromatic ring is 1. The SMILES string of the molecule is Cc1ccc(O)c(C)c1-n1nc(-c2nc3c(s2)CCOC3)c(C(N)=O)c1N. The summed E-state index contributed by atoms with van der Waals surface area (Å²) in [5.74, 6) is -0.429. The molecular weight excluding hydrogens is 366 g/mol. The van der Waals surface area contributed by atoms with E-state index in [-0.39, 0.29) is 17.1 Å². The molecule has 1 aliphatic heterocycles. The fourth-order valence-electron chi connectivity index (χ4n) is 3.27. The van der Waals surface area contributed by atoms with Crippen LogP contribution in [-0.4, -0.2) is 32.4 Å². The van der Waals surface area contributed by atoms with Gasteiger partial charge in [0.05, 0.1) is 24.6 Å². The molecule has 0 atom stereocenters. The van der Waals surface area contributed by atoms with Gasteiger partial charge >= 0.3 is 0 Å². The van der Waals surface area contributed by atoms with E-state index in [0.29, 0.717) is 35.2 Å². The van der Waals surface area contributed by atoms with Gasteiger partial charge in [-0.3, -0.25) is 4.79 Å². The first-order chi connectivity index (χ1) is 12.9. The molecule has 0 spiro atoms. The number of carbonyl (C=O) groups is 1. The maximum atomic E-state index is 12.1. The number of anilines is 1. The number of benzene rings is 1. The van der Waals surface area contributed by atoms with Crippen molar-refractivity contribution in [2.75, 3.05) is 12.3 Å². The van der Waals surface area contributed by atoms with E-state index < -0.39 is 5.91 Å². The number of hydrogen-bond donors (Lipinski definition) is 3. The molecule has 140 valence electrons. The third kappa shape index (κ3) is 2.75. The Labute approximate surface area is 159 Å². The zero-order valence-corrected chi connectivity index (χ0v) is 15.8. The minimum absolute atomic E-state index is 0.120. The van der Waals surface area contributed by atoms with Gasteiger partial charge in [-0.25, -0.2) is 9.67 Å². The number of aryl methyl sites for hydroxylation is 1. The summed E-state index contributed by atoms with van der Waals surface area (Å²) in [6, 6.07) is 3.38. The average molecular weight is 385 g/mol. The van der Waals surface area contributed by atoms with Gasteiger partial charge in [-0.2, -0.15) is 5.10 Å². The Morgan fingerprint density at radius 3 is 2.85 bits per heavy atom. The molecule has 3 heterocycles. The Morgan fingerprint density at radius 2 is 2.15 bits per heavy atom. The number of rotatable bonds is 3. The van der Waals surface area contributed by atoms with Gasteiger partial charge in [0, 0.05) is 16.9 Å². The fourth-order valence-corrected chi connectivity index (χ4v) is 4.31. The highest BCUT2D eigenvalue weighted by Gasteiger charge is 2.27. The van der Waals surface area contributed by atoms with Crippen LogP contribution in [0.25, 0.3) is 16.4 Å². The summed E-state index contributed by atoms with van der Waals surface area (Å²) in [6.07, 6.45) is 0.778. The van der Waals surface area contributed by atoms with E-state index in [2.05, 4.69) is 10.1 Å². The molecule has 1 aliphatic rings. The van der Waals surface area contributed by atoms with Gasteiger partial charge in [0.25, 0.3) is 5.91 Å². The van der Waals surface area contributed by atoms with Crippen molar-refractivity contribution in [3.05, 3.63) is 39.4 Å². The number of ether oxygens (including phenoxy) is 1. The van der Waals surface area contributed by atoms with E-state index in [0.717, 1.165) is 22.6 Å². The summed E-state index contributed by atoms with van der Waals surface area (Å²) in [7, 11) is 0. The summed E-state index contributed by atoms with van der Waals surface area (Å²) in [6.45, 7) is 4.74. The molecule has 4 rings (SSSR count). The molecule has 0 saturated carbocycles. The van der Waals surface area contributed by atoms with Crippen LogP contribution in [0, 0.1) is 13.8 Å². The molecule has 3 aromatic rings. The van der Waals surface area contributed by atoms with Crippen LogP contribution >= 0.6 is 11.3 Å². The van der Waals surface area contributed by atoms with Crippen LogP contribution in [0.2, 0.25) is 0 Å². The third-order valence-electron chi connectivity index (χ3n) is 4.68. The first-order valence-electron chi connectivity index (χ1n) is 8.43. The Kier molecular flexibility index (Phi) is 4.12. The van der Waals surface area contributed by atoms with Crippen LogP contribution in [0.3, 0.4) is 0 Å². The van der Waals surface area contributed by atoms with Crippen LogP contribution in [0.4, 0.5) is 5.82 Å². The highest BCUT2D eigenvalue weighted by atomic mass is 32.1. The lowest BCUT2D eigenvalue weighted by Crippen LogP contribution is -2.14. The monoisotopic (exact) mass is 385 g/mol. The molecule has 8 nitrogen and oxygen atoms in total. The topological polar surface area (TPSA) is 129 Å². The molecule has 1 amide bonds. The Hall–Kier alpha value is -2.91. The van der Waals surface area contributed by atoms with E-state index in [1.54, 1.807) is 19.1 Å². The van der Waals surface area contributed by atoms with E-state index in [9.17, 15) is 9.90 Å². The first-order valence-corrected chi connectivity index (χ1v) is 9.24. The van der Waals surface area contributed by atoms with E-state index >= 15 is 0 Å². The van der Waals surface area contributed by atoms with Gasteiger partial charge in [0.2, 0.25) is 0 Å². The largest absolute Gasteiger partial charge is 0.508 e. The number of primary amides is 1. The number of hydrogen-bond acceptors (Lipinski definition) is 7. The van der Waals surface area contributed by atoms with E-state index in [1.807, 2.05) is 6.92 Å². The second kappa shape index (κ2) is 6.36. The second-order valence-electron chi connectivity index (χ2n) is 6.45. The molecule has 0 radical (unpaired) electrons. The van der Waals surface area contributed by atoms with Crippen molar-refractivity contribution in [2.24, 2.45) is 5.73 Å². The number of phenolic OH excluding ortho intramolecular Hbond substituents is 1. The van der Waals surface area contributed by atoms with Gasteiger partial charge in [0.15, 0.2) is 0 Å². The number of nitrogens with zero attached hydrogens (tertiary/aromatic N) is 3. The lowest BCUT2D eigenvalue weighted by molar-refractivity contribution is 0.100. The average Bonchev–Trinajstić information content (AvgIpc) is 3.20. The van der Waals surface area contributed by atoms with Crippen molar-refractivity contribution < 1.29 is 14.6 Å². The molecule has 0 unspecified atom stereocenters. The quantitative estimate of drug-likeness (QED) is 0.633. The zero-order chi connectivity index (χ0) is 19.3. The van der Waals surface area contributed by atoms with Gasteiger partial charge in [-0.05, 0) is 25.5 Å². The molecule has 27 heavy (non-hydrogen) atoms. The Bertz CT molecular complexity index is 1050. The molecule has 1 aromatic carbocycles. The third-order valence-corrected chi connectivity index (χ3v) is 5.84. The summed E-state index contributed by atoms with van der Waals surface area (Å²) in [4.78, 5) is 17.8. The van der Waals surface area contributed by atoms with Crippen LogP contribution < -0.4 is 11.5 Å². The van der Waals surface area contributed by atoms with Crippen LogP contribution in [0.15, 0.2) is 12.1 Å². The van der Waals surface area contributed by atoms with Crippen molar-refractivity contribution in [2.45, 2.75) is 26.9 Å². The number of phenols is 1. The van der Waals surface area contributed by atoms with Crippen molar-refractivity contribution in [3.63, 3.8) is 0 Å². The van der Waals surface area contributed by atoms with Crippen LogP contribution in [0.5, 0.6) is 5.75 Å². The summed E-state index contributed by atoms with van der Waals surface area (Å²) in [5, 5.41) is 15.2.